The van der Waals surface area contributed by atoms with Crippen LogP contribution in [0.1, 0.15) is 54.0 Å². The van der Waals surface area contributed by atoms with E-state index >= 15 is 0 Å². The molecule has 156 valence electrons. The first kappa shape index (κ1) is 22.4. The third-order valence-corrected chi connectivity index (χ3v) is 4.49. The Morgan fingerprint density at radius 3 is 2.32 bits per heavy atom. The van der Waals surface area contributed by atoms with Gasteiger partial charge in [-0.05, 0) is 48.5 Å². The van der Waals surface area contributed by atoms with Crippen LogP contribution in [0.4, 0.5) is 13.6 Å². The Bertz CT molecular complexity index is 706. The third-order valence-electron chi connectivity index (χ3n) is 4.49. The number of hydrogen-bond acceptors (Lipinski definition) is 6. The van der Waals surface area contributed by atoms with Gasteiger partial charge in [0.15, 0.2) is 0 Å². The minimum absolute atomic E-state index is 0.114. The van der Waals surface area contributed by atoms with E-state index in [4.69, 9.17) is 14.0 Å². The van der Waals surface area contributed by atoms with Crippen molar-refractivity contribution < 1.29 is 32.4 Å². The second-order valence-electron chi connectivity index (χ2n) is 8.56. The van der Waals surface area contributed by atoms with E-state index in [-0.39, 0.29) is 18.0 Å². The summed E-state index contributed by atoms with van der Waals surface area (Å²) in [6.07, 6.45) is 0.674. The fourth-order valence-corrected chi connectivity index (χ4v) is 2.42. The van der Waals surface area contributed by atoms with E-state index < -0.39 is 36.6 Å². The number of carbonyl (C=O) groups excluding carboxylic acids is 1. The van der Waals surface area contributed by atoms with Crippen LogP contribution in [0.25, 0.3) is 0 Å². The summed E-state index contributed by atoms with van der Waals surface area (Å²) in [7, 11) is -0.724. The number of ether oxygens (including phenoxy) is 2. The van der Waals surface area contributed by atoms with Gasteiger partial charge in [-0.2, -0.15) is 8.78 Å². The van der Waals surface area contributed by atoms with Gasteiger partial charge < -0.3 is 24.1 Å². The van der Waals surface area contributed by atoms with Crippen molar-refractivity contribution in [2.45, 2.75) is 78.4 Å². The highest BCUT2D eigenvalue weighted by Crippen LogP contribution is 2.36. The molecule has 0 unspecified atom stereocenters. The number of pyridine rings is 1. The summed E-state index contributed by atoms with van der Waals surface area (Å²) in [5.74, 6) is -0.286. The maximum Gasteiger partial charge on any atom is 0.496 e. The average Bonchev–Trinajstić information content (AvgIpc) is 2.72. The number of nitrogens with one attached hydrogen (secondary N) is 1. The largest absolute Gasteiger partial charge is 0.496 e. The zero-order chi connectivity index (χ0) is 21.3. The van der Waals surface area contributed by atoms with Crippen molar-refractivity contribution >= 4 is 18.7 Å². The summed E-state index contributed by atoms with van der Waals surface area (Å²) >= 11 is 0. The predicted molar refractivity (Wildman–Crippen MR) is 99.7 cm³/mol. The van der Waals surface area contributed by atoms with Crippen LogP contribution >= 0.6 is 0 Å². The van der Waals surface area contributed by atoms with Crippen molar-refractivity contribution in [1.29, 1.82) is 0 Å². The molecular formula is C18H27BF2N2O5. The fraction of sp³-hybridized carbons (Fsp3) is 0.667. The second kappa shape index (κ2) is 7.83. The predicted octanol–water partition coefficient (Wildman–Crippen LogP) is 3.01. The first-order valence-electron chi connectivity index (χ1n) is 8.96. The number of aromatic nitrogens is 1. The number of carbonyl (C=O) groups is 1. The molecule has 10 heteroatoms. The topological polar surface area (TPSA) is 78.9 Å². The molecule has 1 aromatic rings. The molecule has 0 spiro atoms. The van der Waals surface area contributed by atoms with Gasteiger partial charge in [0.1, 0.15) is 5.60 Å². The van der Waals surface area contributed by atoms with E-state index in [9.17, 15) is 13.6 Å². The number of alkyl carbamates (subject to hydrolysis) is 1. The van der Waals surface area contributed by atoms with Crippen molar-refractivity contribution in [1.82, 2.24) is 10.3 Å². The minimum Gasteiger partial charge on any atom is -0.444 e. The Balaban J connectivity index is 2.22. The number of halogens is 2. The molecule has 1 fully saturated rings. The Morgan fingerprint density at radius 2 is 1.82 bits per heavy atom. The van der Waals surface area contributed by atoms with Crippen molar-refractivity contribution in [2.24, 2.45) is 0 Å². The summed E-state index contributed by atoms with van der Waals surface area (Å²) in [6, 6.07) is 1.56. The normalized spacial score (nSPS) is 18.3. The molecule has 0 atom stereocenters. The van der Waals surface area contributed by atoms with E-state index in [0.717, 1.165) is 0 Å². The SMILES string of the molecule is CC(C)(C)OC(=O)NCc1cc(B2OC(C)(C)C(C)(C)O2)cnc1OC(F)F. The number of hydrogen-bond donors (Lipinski definition) is 1. The molecule has 0 bridgehead atoms. The molecule has 0 aliphatic carbocycles. The molecule has 2 rings (SSSR count). The van der Waals surface area contributed by atoms with E-state index in [1.165, 1.54) is 6.20 Å². The van der Waals surface area contributed by atoms with Crippen molar-refractivity contribution in [3.8, 4) is 5.88 Å². The fourth-order valence-electron chi connectivity index (χ4n) is 2.42. The highest BCUT2D eigenvalue weighted by molar-refractivity contribution is 6.62. The lowest BCUT2D eigenvalue weighted by Crippen LogP contribution is -2.41. The molecule has 1 aromatic heterocycles. The van der Waals surface area contributed by atoms with Gasteiger partial charge in [-0.15, -0.1) is 0 Å². The van der Waals surface area contributed by atoms with Gasteiger partial charge in [-0.25, -0.2) is 9.78 Å². The summed E-state index contributed by atoms with van der Waals surface area (Å²) in [4.78, 5) is 15.8. The molecule has 1 saturated heterocycles. The van der Waals surface area contributed by atoms with Gasteiger partial charge in [0, 0.05) is 17.2 Å². The second-order valence-corrected chi connectivity index (χ2v) is 8.56. The lowest BCUT2D eigenvalue weighted by molar-refractivity contribution is -0.0535. The summed E-state index contributed by atoms with van der Waals surface area (Å²) in [5.41, 5.74) is -1.04. The van der Waals surface area contributed by atoms with Crippen LogP contribution in [0.15, 0.2) is 12.3 Å². The lowest BCUT2D eigenvalue weighted by Gasteiger charge is -2.32. The average molecular weight is 400 g/mol. The molecule has 0 saturated carbocycles. The van der Waals surface area contributed by atoms with E-state index in [2.05, 4.69) is 15.0 Å². The molecule has 1 N–H and O–H groups in total. The van der Waals surface area contributed by atoms with E-state index in [0.29, 0.717) is 5.46 Å². The summed E-state index contributed by atoms with van der Waals surface area (Å²) in [5, 5.41) is 2.51. The van der Waals surface area contributed by atoms with E-state index in [1.54, 1.807) is 26.8 Å². The zero-order valence-corrected chi connectivity index (χ0v) is 17.3. The van der Waals surface area contributed by atoms with Gasteiger partial charge in [0.05, 0.1) is 17.7 Å². The number of alkyl halides is 2. The maximum atomic E-state index is 12.7. The van der Waals surface area contributed by atoms with Gasteiger partial charge in [0.2, 0.25) is 5.88 Å². The Morgan fingerprint density at radius 1 is 1.25 bits per heavy atom. The molecule has 0 aromatic carbocycles. The van der Waals surface area contributed by atoms with E-state index in [1.807, 2.05) is 27.7 Å². The standard InChI is InChI=1S/C18H27BF2N2O5/c1-16(2,3)26-15(24)23-9-11-8-12(10-22-13(11)25-14(20)21)19-27-17(4,5)18(6,7)28-19/h8,10,14H,9H2,1-7H3,(H,23,24). The molecule has 1 amide bonds. The van der Waals surface area contributed by atoms with Crippen molar-refractivity contribution in [3.05, 3.63) is 17.8 Å². The first-order chi connectivity index (χ1) is 12.7. The Labute approximate surface area is 164 Å². The van der Waals surface area contributed by atoms with Crippen molar-refractivity contribution in [3.63, 3.8) is 0 Å². The molecule has 2 heterocycles. The molecule has 1 aliphatic heterocycles. The van der Waals surface area contributed by atoms with Crippen molar-refractivity contribution in [2.75, 3.05) is 0 Å². The smallest absolute Gasteiger partial charge is 0.444 e. The Hall–Kier alpha value is -1.94. The molecule has 1 aliphatic rings. The lowest BCUT2D eigenvalue weighted by atomic mass is 9.79. The maximum absolute atomic E-state index is 12.7. The van der Waals surface area contributed by atoms with Crippen LogP contribution in [0, 0.1) is 0 Å². The first-order valence-corrected chi connectivity index (χ1v) is 8.96. The van der Waals surface area contributed by atoms with Crippen LogP contribution in [0.5, 0.6) is 5.88 Å². The van der Waals surface area contributed by atoms with Gasteiger partial charge >= 0.3 is 19.8 Å². The van der Waals surface area contributed by atoms with Crippen LogP contribution in [-0.4, -0.2) is 41.6 Å². The molecule has 0 radical (unpaired) electrons. The molecule has 28 heavy (non-hydrogen) atoms. The monoisotopic (exact) mass is 400 g/mol. The van der Waals surface area contributed by atoms with Crippen LogP contribution in [0.2, 0.25) is 0 Å². The highest BCUT2D eigenvalue weighted by Gasteiger charge is 2.52. The molecule has 7 nitrogen and oxygen atoms in total. The number of amides is 1. The quantitative estimate of drug-likeness (QED) is 0.766. The number of nitrogens with zero attached hydrogens (tertiary/aromatic N) is 1. The minimum atomic E-state index is -3.05. The molecular weight excluding hydrogens is 373 g/mol. The van der Waals surface area contributed by atoms with Gasteiger partial charge in [-0.3, -0.25) is 0 Å². The summed E-state index contributed by atoms with van der Waals surface area (Å²) in [6.45, 7) is 9.61. The zero-order valence-electron chi connectivity index (χ0n) is 17.3. The van der Waals surface area contributed by atoms with Crippen LogP contribution in [-0.2, 0) is 20.6 Å². The highest BCUT2D eigenvalue weighted by atomic mass is 19.3. The van der Waals surface area contributed by atoms with Gasteiger partial charge in [-0.1, -0.05) is 6.07 Å². The number of rotatable bonds is 5. The van der Waals surface area contributed by atoms with Crippen LogP contribution in [0.3, 0.4) is 0 Å². The third kappa shape index (κ3) is 5.54. The van der Waals surface area contributed by atoms with Gasteiger partial charge in [0.25, 0.3) is 0 Å². The summed E-state index contributed by atoms with van der Waals surface area (Å²) < 4.78 is 46.9. The van der Waals surface area contributed by atoms with Crippen LogP contribution < -0.4 is 15.5 Å². The Kier molecular flexibility index (Phi) is 6.25.